The Labute approximate surface area is 112 Å². The zero-order chi connectivity index (χ0) is 13.8. The highest BCUT2D eigenvalue weighted by molar-refractivity contribution is 5.94. The lowest BCUT2D eigenvalue weighted by Crippen LogP contribution is -2.46. The van der Waals surface area contributed by atoms with Crippen LogP contribution in [0.4, 0.5) is 4.39 Å². The third-order valence-corrected chi connectivity index (χ3v) is 3.27. The number of hydrogen-bond acceptors (Lipinski definition) is 3. The molecule has 19 heavy (non-hydrogen) atoms. The summed E-state index contributed by atoms with van der Waals surface area (Å²) in [6.07, 6.45) is -0.0144. The molecule has 1 unspecified atom stereocenters. The molecule has 1 amide bonds. The molecule has 0 spiro atoms. The van der Waals surface area contributed by atoms with Gasteiger partial charge >= 0.3 is 0 Å². The lowest BCUT2D eigenvalue weighted by atomic mass is 10.1. The van der Waals surface area contributed by atoms with E-state index in [1.54, 1.807) is 19.2 Å². The Morgan fingerprint density at radius 1 is 1.53 bits per heavy atom. The highest BCUT2D eigenvalue weighted by Crippen LogP contribution is 2.11. The molecular weight excluding hydrogens is 247 g/mol. The standard InChI is InChI=1S/C14H19FN2O2/c1-16-7-8-19-11(9-16)10-17(2)14(18)12-5-3-4-6-13(12)15/h3-6,11H,7-10H2,1-2H3. The van der Waals surface area contributed by atoms with E-state index in [4.69, 9.17) is 4.74 Å². The van der Waals surface area contributed by atoms with Crippen molar-refractivity contribution in [3.63, 3.8) is 0 Å². The van der Waals surface area contributed by atoms with Crippen molar-refractivity contribution in [2.45, 2.75) is 6.10 Å². The Hall–Kier alpha value is -1.46. The van der Waals surface area contributed by atoms with Gasteiger partial charge in [0.05, 0.1) is 18.3 Å². The molecule has 0 bridgehead atoms. The van der Waals surface area contributed by atoms with E-state index in [1.165, 1.54) is 17.0 Å². The van der Waals surface area contributed by atoms with Gasteiger partial charge in [-0.15, -0.1) is 0 Å². The minimum absolute atomic E-state index is 0.0144. The average molecular weight is 266 g/mol. The van der Waals surface area contributed by atoms with Crippen LogP contribution in [0.25, 0.3) is 0 Å². The molecule has 4 nitrogen and oxygen atoms in total. The van der Waals surface area contributed by atoms with Crippen molar-refractivity contribution in [3.05, 3.63) is 35.6 Å². The third kappa shape index (κ3) is 3.52. The first kappa shape index (κ1) is 14.0. The SMILES string of the molecule is CN1CCOC(CN(C)C(=O)c2ccccc2F)C1. The van der Waals surface area contributed by atoms with Crippen LogP contribution in [-0.2, 0) is 4.74 Å². The summed E-state index contributed by atoms with van der Waals surface area (Å²) in [6, 6.07) is 6.04. The van der Waals surface area contributed by atoms with E-state index in [0.717, 1.165) is 13.1 Å². The fraction of sp³-hybridized carbons (Fsp3) is 0.500. The topological polar surface area (TPSA) is 32.8 Å². The van der Waals surface area contributed by atoms with Gasteiger partial charge in [-0.1, -0.05) is 12.1 Å². The van der Waals surface area contributed by atoms with Crippen LogP contribution in [0.15, 0.2) is 24.3 Å². The van der Waals surface area contributed by atoms with Gasteiger partial charge < -0.3 is 14.5 Å². The molecule has 0 N–H and O–H groups in total. The van der Waals surface area contributed by atoms with Crippen LogP contribution in [0.1, 0.15) is 10.4 Å². The molecule has 0 aliphatic carbocycles. The van der Waals surface area contributed by atoms with Crippen molar-refractivity contribution >= 4 is 5.91 Å². The maximum atomic E-state index is 13.6. The van der Waals surface area contributed by atoms with Crippen LogP contribution < -0.4 is 0 Å². The molecule has 1 atom stereocenters. The first-order valence-electron chi connectivity index (χ1n) is 6.38. The van der Waals surface area contributed by atoms with E-state index in [1.807, 2.05) is 7.05 Å². The van der Waals surface area contributed by atoms with Crippen LogP contribution >= 0.6 is 0 Å². The number of hydrogen-bond donors (Lipinski definition) is 0. The zero-order valence-corrected chi connectivity index (χ0v) is 11.3. The maximum absolute atomic E-state index is 13.6. The molecule has 1 heterocycles. The quantitative estimate of drug-likeness (QED) is 0.825. The van der Waals surface area contributed by atoms with Crippen molar-refractivity contribution in [2.24, 2.45) is 0 Å². The molecule has 2 rings (SSSR count). The van der Waals surface area contributed by atoms with E-state index in [-0.39, 0.29) is 17.6 Å². The summed E-state index contributed by atoms with van der Waals surface area (Å²) < 4.78 is 19.2. The summed E-state index contributed by atoms with van der Waals surface area (Å²) in [7, 11) is 3.70. The van der Waals surface area contributed by atoms with Crippen LogP contribution in [0.3, 0.4) is 0 Å². The van der Waals surface area contributed by atoms with Crippen molar-refractivity contribution < 1.29 is 13.9 Å². The van der Waals surface area contributed by atoms with Gasteiger partial charge in [-0.25, -0.2) is 4.39 Å². The van der Waals surface area contributed by atoms with Gasteiger partial charge in [-0.3, -0.25) is 4.79 Å². The van der Waals surface area contributed by atoms with Gasteiger partial charge in [0, 0.05) is 26.7 Å². The molecule has 1 fully saturated rings. The highest BCUT2D eigenvalue weighted by atomic mass is 19.1. The number of carbonyl (C=O) groups is 1. The van der Waals surface area contributed by atoms with Crippen molar-refractivity contribution in [1.82, 2.24) is 9.80 Å². The summed E-state index contributed by atoms with van der Waals surface area (Å²) >= 11 is 0. The summed E-state index contributed by atoms with van der Waals surface area (Å²) in [4.78, 5) is 15.8. The van der Waals surface area contributed by atoms with E-state index in [9.17, 15) is 9.18 Å². The minimum atomic E-state index is -0.485. The number of carbonyl (C=O) groups excluding carboxylic acids is 1. The minimum Gasteiger partial charge on any atom is -0.374 e. The fourth-order valence-corrected chi connectivity index (χ4v) is 2.21. The largest absolute Gasteiger partial charge is 0.374 e. The van der Waals surface area contributed by atoms with Gasteiger partial charge in [-0.2, -0.15) is 0 Å². The number of nitrogens with zero attached hydrogens (tertiary/aromatic N) is 2. The normalized spacial score (nSPS) is 20.3. The number of morpholine rings is 1. The summed E-state index contributed by atoms with van der Waals surface area (Å²) in [5, 5.41) is 0. The molecule has 1 aliphatic rings. The van der Waals surface area contributed by atoms with Crippen LogP contribution in [0.2, 0.25) is 0 Å². The predicted octanol–water partition coefficient (Wildman–Crippen LogP) is 1.23. The molecular formula is C14H19FN2O2. The van der Waals surface area contributed by atoms with Crippen LogP contribution in [-0.4, -0.2) is 62.1 Å². The predicted molar refractivity (Wildman–Crippen MR) is 70.6 cm³/mol. The van der Waals surface area contributed by atoms with Gasteiger partial charge in [-0.05, 0) is 19.2 Å². The molecule has 1 aliphatic heterocycles. The number of halogens is 1. The maximum Gasteiger partial charge on any atom is 0.256 e. The summed E-state index contributed by atoms with van der Waals surface area (Å²) in [5.74, 6) is -0.795. The highest BCUT2D eigenvalue weighted by Gasteiger charge is 2.23. The van der Waals surface area contributed by atoms with Gasteiger partial charge in [0.2, 0.25) is 0 Å². The zero-order valence-electron chi connectivity index (χ0n) is 11.3. The first-order valence-corrected chi connectivity index (χ1v) is 6.38. The van der Waals surface area contributed by atoms with Crippen molar-refractivity contribution in [1.29, 1.82) is 0 Å². The number of amides is 1. The smallest absolute Gasteiger partial charge is 0.256 e. The van der Waals surface area contributed by atoms with Gasteiger partial charge in [0.15, 0.2) is 0 Å². The molecule has 104 valence electrons. The second-order valence-electron chi connectivity index (χ2n) is 4.92. The lowest BCUT2D eigenvalue weighted by Gasteiger charge is -2.32. The Morgan fingerprint density at radius 2 is 2.26 bits per heavy atom. The second-order valence-corrected chi connectivity index (χ2v) is 4.92. The van der Waals surface area contributed by atoms with Crippen molar-refractivity contribution in [3.8, 4) is 0 Å². The number of likely N-dealkylation sites (N-methyl/N-ethyl adjacent to an activating group) is 2. The average Bonchev–Trinajstić information content (AvgIpc) is 2.38. The number of ether oxygens (including phenoxy) is 1. The van der Waals surface area contributed by atoms with E-state index in [0.29, 0.717) is 13.2 Å². The lowest BCUT2D eigenvalue weighted by molar-refractivity contribution is -0.0301. The molecule has 1 saturated heterocycles. The summed E-state index contributed by atoms with van der Waals surface area (Å²) in [6.45, 7) is 2.83. The number of rotatable bonds is 3. The Kier molecular flexibility index (Phi) is 4.50. The monoisotopic (exact) mass is 266 g/mol. The molecule has 1 aromatic carbocycles. The first-order chi connectivity index (χ1) is 9.08. The molecule has 0 saturated carbocycles. The van der Waals surface area contributed by atoms with E-state index < -0.39 is 5.82 Å². The molecule has 0 radical (unpaired) electrons. The van der Waals surface area contributed by atoms with Crippen LogP contribution in [0, 0.1) is 5.82 Å². The number of benzene rings is 1. The fourth-order valence-electron chi connectivity index (χ4n) is 2.21. The molecule has 0 aromatic heterocycles. The van der Waals surface area contributed by atoms with E-state index >= 15 is 0 Å². The Bertz CT molecular complexity index is 453. The molecule has 5 heteroatoms. The van der Waals surface area contributed by atoms with Crippen molar-refractivity contribution in [2.75, 3.05) is 40.3 Å². The Morgan fingerprint density at radius 3 is 2.95 bits per heavy atom. The summed E-state index contributed by atoms with van der Waals surface area (Å²) in [5.41, 5.74) is 0.106. The van der Waals surface area contributed by atoms with E-state index in [2.05, 4.69) is 4.90 Å². The second kappa shape index (κ2) is 6.12. The Balaban J connectivity index is 1.98. The van der Waals surface area contributed by atoms with Crippen LogP contribution in [0.5, 0.6) is 0 Å². The van der Waals surface area contributed by atoms with Gasteiger partial charge in [0.1, 0.15) is 5.82 Å². The molecule has 1 aromatic rings. The third-order valence-electron chi connectivity index (χ3n) is 3.27. The van der Waals surface area contributed by atoms with Gasteiger partial charge in [0.25, 0.3) is 5.91 Å².